The zero-order chi connectivity index (χ0) is 21.3. The van der Waals surface area contributed by atoms with E-state index in [2.05, 4.69) is 5.32 Å². The van der Waals surface area contributed by atoms with Gasteiger partial charge in [0.15, 0.2) is 0 Å². The minimum Gasteiger partial charge on any atom is -0.370 e. The van der Waals surface area contributed by atoms with E-state index in [4.69, 9.17) is 0 Å². The van der Waals surface area contributed by atoms with Crippen molar-refractivity contribution in [3.8, 4) is 6.07 Å². The summed E-state index contributed by atoms with van der Waals surface area (Å²) in [4.78, 5) is 28.7. The zero-order valence-corrected chi connectivity index (χ0v) is 16.8. The van der Waals surface area contributed by atoms with E-state index >= 15 is 0 Å². The van der Waals surface area contributed by atoms with E-state index in [-0.39, 0.29) is 17.7 Å². The molecule has 6 nitrogen and oxygen atoms in total. The molecule has 0 unspecified atom stereocenters. The van der Waals surface area contributed by atoms with Crippen molar-refractivity contribution >= 4 is 23.2 Å². The van der Waals surface area contributed by atoms with Gasteiger partial charge in [0.05, 0.1) is 11.3 Å². The summed E-state index contributed by atoms with van der Waals surface area (Å²) in [6.45, 7) is 1.93. The molecule has 4 rings (SSSR count). The van der Waals surface area contributed by atoms with Crippen LogP contribution in [-0.2, 0) is 11.2 Å². The third-order valence-corrected chi connectivity index (χ3v) is 5.95. The van der Waals surface area contributed by atoms with Gasteiger partial charge in [-0.3, -0.25) is 9.59 Å². The van der Waals surface area contributed by atoms with Crippen molar-refractivity contribution in [2.45, 2.75) is 19.3 Å². The van der Waals surface area contributed by atoms with E-state index in [9.17, 15) is 19.2 Å². The first kappa shape index (κ1) is 19.9. The first-order chi connectivity index (χ1) is 14.5. The van der Waals surface area contributed by atoms with Crippen molar-refractivity contribution in [3.63, 3.8) is 0 Å². The molecule has 0 radical (unpaired) electrons. The number of carbonyl (C=O) groups is 2. The van der Waals surface area contributed by atoms with Crippen LogP contribution in [0.3, 0.4) is 0 Å². The van der Waals surface area contributed by atoms with Crippen LogP contribution >= 0.6 is 0 Å². The topological polar surface area (TPSA) is 76.4 Å². The number of nitrogens with zero attached hydrogens (tertiary/aromatic N) is 3. The molecule has 7 heteroatoms. The second kappa shape index (κ2) is 8.15. The number of hydrogen-bond acceptors (Lipinski definition) is 4. The van der Waals surface area contributed by atoms with Gasteiger partial charge in [0, 0.05) is 43.9 Å². The van der Waals surface area contributed by atoms with Crippen LogP contribution < -0.4 is 10.2 Å². The summed E-state index contributed by atoms with van der Waals surface area (Å²) < 4.78 is 13.4. The van der Waals surface area contributed by atoms with Crippen LogP contribution in [0.5, 0.6) is 0 Å². The Morgan fingerprint density at radius 3 is 2.67 bits per heavy atom. The van der Waals surface area contributed by atoms with Gasteiger partial charge in [-0.05, 0) is 61.2 Å². The Morgan fingerprint density at radius 2 is 1.93 bits per heavy atom. The first-order valence-electron chi connectivity index (χ1n) is 10.1. The van der Waals surface area contributed by atoms with E-state index < -0.39 is 5.82 Å². The van der Waals surface area contributed by atoms with Gasteiger partial charge < -0.3 is 15.1 Å². The Balaban J connectivity index is 1.39. The molecular weight excluding hydrogens is 383 g/mol. The molecular formula is C23H23FN4O2. The monoisotopic (exact) mass is 406 g/mol. The molecule has 0 spiro atoms. The molecule has 0 bridgehead atoms. The van der Waals surface area contributed by atoms with Gasteiger partial charge in [0.1, 0.15) is 11.9 Å². The summed E-state index contributed by atoms with van der Waals surface area (Å²) in [7, 11) is 1.79. The summed E-state index contributed by atoms with van der Waals surface area (Å²) in [5, 5.41) is 12.2. The number of anilines is 2. The molecule has 0 aromatic heterocycles. The third kappa shape index (κ3) is 3.86. The normalized spacial score (nSPS) is 16.8. The Morgan fingerprint density at radius 1 is 1.17 bits per heavy atom. The number of likely N-dealkylation sites (N-methyl/N-ethyl adjacent to an activating group) is 1. The van der Waals surface area contributed by atoms with Crippen LogP contribution in [0.1, 0.15) is 34.3 Å². The molecule has 1 saturated heterocycles. The van der Waals surface area contributed by atoms with Crippen LogP contribution in [0.25, 0.3) is 0 Å². The molecule has 154 valence electrons. The number of fused-ring (bicyclic) bond motifs is 1. The molecule has 2 aromatic carbocycles. The third-order valence-electron chi connectivity index (χ3n) is 5.95. The highest BCUT2D eigenvalue weighted by molar-refractivity contribution is 5.98. The summed E-state index contributed by atoms with van der Waals surface area (Å²) in [5.74, 6) is -0.577. The maximum Gasteiger partial charge on any atom is 0.253 e. The number of nitriles is 1. The SMILES string of the molecule is CN1CCc2cc(NC(=O)C3CCN(c4ccc(F)cc4C#N)CC3)ccc2C1=O. The van der Waals surface area contributed by atoms with Crippen molar-refractivity contribution in [1.82, 2.24) is 4.90 Å². The highest BCUT2D eigenvalue weighted by Crippen LogP contribution is 2.28. The average molecular weight is 406 g/mol. The second-order valence-corrected chi connectivity index (χ2v) is 7.87. The molecule has 30 heavy (non-hydrogen) atoms. The Bertz CT molecular complexity index is 1040. The van der Waals surface area contributed by atoms with Gasteiger partial charge in [-0.15, -0.1) is 0 Å². The minimum atomic E-state index is -0.428. The van der Waals surface area contributed by atoms with Gasteiger partial charge in [-0.2, -0.15) is 5.26 Å². The minimum absolute atomic E-state index is 0.0130. The maximum absolute atomic E-state index is 13.4. The molecule has 0 saturated carbocycles. The van der Waals surface area contributed by atoms with Gasteiger partial charge in [0.2, 0.25) is 5.91 Å². The highest BCUT2D eigenvalue weighted by atomic mass is 19.1. The smallest absolute Gasteiger partial charge is 0.253 e. The molecule has 0 atom stereocenters. The van der Waals surface area contributed by atoms with E-state index in [0.717, 1.165) is 12.0 Å². The molecule has 2 aromatic rings. The number of nitrogens with one attached hydrogen (secondary N) is 1. The van der Waals surface area contributed by atoms with Crippen molar-refractivity contribution in [3.05, 3.63) is 58.9 Å². The average Bonchev–Trinajstić information content (AvgIpc) is 2.76. The molecule has 2 aliphatic heterocycles. The van der Waals surface area contributed by atoms with Crippen molar-refractivity contribution in [1.29, 1.82) is 5.26 Å². The fourth-order valence-electron chi connectivity index (χ4n) is 4.18. The highest BCUT2D eigenvalue weighted by Gasteiger charge is 2.27. The number of benzene rings is 2. The predicted octanol–water partition coefficient (Wildman–Crippen LogP) is 3.18. The van der Waals surface area contributed by atoms with E-state index in [1.54, 1.807) is 30.1 Å². The van der Waals surface area contributed by atoms with Crippen molar-refractivity contribution in [2.24, 2.45) is 5.92 Å². The Kier molecular flexibility index (Phi) is 5.40. The maximum atomic E-state index is 13.4. The Hall–Kier alpha value is -3.40. The van der Waals surface area contributed by atoms with Gasteiger partial charge in [-0.25, -0.2) is 4.39 Å². The largest absolute Gasteiger partial charge is 0.370 e. The lowest BCUT2D eigenvalue weighted by molar-refractivity contribution is -0.120. The fraction of sp³-hybridized carbons (Fsp3) is 0.348. The molecule has 0 aliphatic carbocycles. The van der Waals surface area contributed by atoms with E-state index in [0.29, 0.717) is 55.0 Å². The van der Waals surface area contributed by atoms with Gasteiger partial charge in [0.25, 0.3) is 5.91 Å². The summed E-state index contributed by atoms with van der Waals surface area (Å²) in [6, 6.07) is 11.7. The molecule has 2 heterocycles. The quantitative estimate of drug-likeness (QED) is 0.849. The van der Waals surface area contributed by atoms with Crippen LogP contribution in [0.15, 0.2) is 36.4 Å². The summed E-state index contributed by atoms with van der Waals surface area (Å²) >= 11 is 0. The van der Waals surface area contributed by atoms with Crippen LogP contribution in [0.2, 0.25) is 0 Å². The van der Waals surface area contributed by atoms with Gasteiger partial charge in [-0.1, -0.05) is 0 Å². The van der Waals surface area contributed by atoms with E-state index in [1.807, 2.05) is 17.0 Å². The number of hydrogen-bond donors (Lipinski definition) is 1. The second-order valence-electron chi connectivity index (χ2n) is 7.87. The van der Waals surface area contributed by atoms with Crippen molar-refractivity contribution < 1.29 is 14.0 Å². The number of piperidine rings is 1. The molecule has 2 amide bonds. The van der Waals surface area contributed by atoms with Crippen molar-refractivity contribution in [2.75, 3.05) is 36.9 Å². The lowest BCUT2D eigenvalue weighted by Gasteiger charge is -2.33. The number of amides is 2. The van der Waals surface area contributed by atoms with Crippen LogP contribution in [0.4, 0.5) is 15.8 Å². The number of rotatable bonds is 3. The molecule has 2 aliphatic rings. The lowest BCUT2D eigenvalue weighted by atomic mass is 9.94. The lowest BCUT2D eigenvalue weighted by Crippen LogP contribution is -2.38. The number of carbonyl (C=O) groups excluding carboxylic acids is 2. The summed E-state index contributed by atoms with van der Waals surface area (Å²) in [5.41, 5.74) is 3.40. The molecule has 1 N–H and O–H groups in total. The Labute approximate surface area is 174 Å². The zero-order valence-electron chi connectivity index (χ0n) is 16.8. The number of halogens is 1. The molecule has 1 fully saturated rings. The van der Waals surface area contributed by atoms with Gasteiger partial charge >= 0.3 is 0 Å². The fourth-order valence-corrected chi connectivity index (χ4v) is 4.18. The summed E-state index contributed by atoms with van der Waals surface area (Å²) in [6.07, 6.45) is 2.09. The first-order valence-corrected chi connectivity index (χ1v) is 10.1. The van der Waals surface area contributed by atoms with E-state index in [1.165, 1.54) is 12.1 Å². The predicted molar refractivity (Wildman–Crippen MR) is 112 cm³/mol. The standard InChI is InChI=1S/C23H23FN4O2/c1-27-9-6-16-13-19(3-4-20(16)23(27)30)26-22(29)15-7-10-28(11-8-15)21-5-2-18(24)12-17(21)14-25/h2-5,12-13,15H,6-11H2,1H3,(H,26,29). The van der Waals surface area contributed by atoms with Crippen LogP contribution in [-0.4, -0.2) is 43.4 Å². The van der Waals surface area contributed by atoms with Crippen LogP contribution in [0, 0.1) is 23.1 Å².